The highest BCUT2D eigenvalue weighted by Crippen LogP contribution is 2.40. The first-order chi connectivity index (χ1) is 15.4. The Kier molecular flexibility index (Phi) is 7.37. The monoisotopic (exact) mass is 450 g/mol. The number of benzene rings is 1. The van der Waals surface area contributed by atoms with E-state index in [1.54, 1.807) is 12.1 Å². The van der Waals surface area contributed by atoms with Gasteiger partial charge >= 0.3 is 0 Å². The molecule has 0 bridgehead atoms. The maximum Gasteiger partial charge on any atom is 0.235 e. The summed E-state index contributed by atoms with van der Waals surface area (Å²) in [5.74, 6) is -0.0805. The Bertz CT molecular complexity index is 1070. The van der Waals surface area contributed by atoms with E-state index >= 15 is 0 Å². The largest absolute Gasteiger partial charge is 0.388 e. The molecule has 5 N–H and O–H groups in total. The second kappa shape index (κ2) is 10.0. The van der Waals surface area contributed by atoms with E-state index < -0.39 is 16.8 Å². The fraction of sp³-hybridized carbons (Fsp3) is 0.391. The molecule has 1 aromatic carbocycles. The highest BCUT2D eigenvalue weighted by Gasteiger charge is 2.34. The Morgan fingerprint density at radius 3 is 2.38 bits per heavy atom. The van der Waals surface area contributed by atoms with Crippen molar-refractivity contribution < 1.29 is 9.90 Å². The first-order valence-corrected chi connectivity index (χ1v) is 11.3. The second-order valence-corrected chi connectivity index (χ2v) is 8.87. The number of carbonyl (C=O) groups is 1. The molecule has 1 aromatic heterocycles. The number of aliphatic hydroxyl groups is 1. The van der Waals surface area contributed by atoms with E-state index in [2.05, 4.69) is 12.1 Å². The highest BCUT2D eigenvalue weighted by molar-refractivity contribution is 8.00. The van der Waals surface area contributed by atoms with Crippen molar-refractivity contribution in [2.24, 2.45) is 11.5 Å². The quantitative estimate of drug-likeness (QED) is 0.541. The first kappa shape index (κ1) is 23.6. The summed E-state index contributed by atoms with van der Waals surface area (Å²) in [6, 6.07) is 13.5. The van der Waals surface area contributed by atoms with Crippen molar-refractivity contribution in [2.45, 2.75) is 42.1 Å². The van der Waals surface area contributed by atoms with Crippen molar-refractivity contribution >= 4 is 23.5 Å². The lowest BCUT2D eigenvalue weighted by molar-refractivity contribution is -0.117. The van der Waals surface area contributed by atoms with Gasteiger partial charge in [0, 0.05) is 19.6 Å². The number of hydrogen-bond donors (Lipinski definition) is 3. The van der Waals surface area contributed by atoms with Crippen LogP contribution in [-0.2, 0) is 11.2 Å². The number of nitrogens with zero attached hydrogens (tertiary/aromatic N) is 4. The lowest BCUT2D eigenvalue weighted by Crippen LogP contribution is -2.49. The molecule has 1 fully saturated rings. The third-order valence-electron chi connectivity index (χ3n) is 5.79. The number of amides is 1. The summed E-state index contributed by atoms with van der Waals surface area (Å²) < 4.78 is 0. The molecule has 1 saturated heterocycles. The van der Waals surface area contributed by atoms with Crippen LogP contribution in [0.3, 0.4) is 0 Å². The maximum absolute atomic E-state index is 12.3. The van der Waals surface area contributed by atoms with Gasteiger partial charge in [-0.2, -0.15) is 10.5 Å². The fourth-order valence-electron chi connectivity index (χ4n) is 3.87. The molecule has 0 saturated carbocycles. The summed E-state index contributed by atoms with van der Waals surface area (Å²) in [4.78, 5) is 18.9. The Hall–Kier alpha value is -3.11. The molecule has 0 radical (unpaired) electrons. The predicted octanol–water partition coefficient (Wildman–Crippen LogP) is 2.00. The molecule has 1 aliphatic rings. The molecule has 1 unspecified atom stereocenters. The van der Waals surface area contributed by atoms with Crippen molar-refractivity contribution in [1.29, 1.82) is 10.5 Å². The molecule has 1 atom stereocenters. The van der Waals surface area contributed by atoms with Gasteiger partial charge in [-0.05, 0) is 30.4 Å². The van der Waals surface area contributed by atoms with E-state index in [-0.39, 0.29) is 12.1 Å². The molecule has 32 heavy (non-hydrogen) atoms. The predicted molar refractivity (Wildman–Crippen MR) is 123 cm³/mol. The summed E-state index contributed by atoms with van der Waals surface area (Å²) >= 11 is 1.12. The Balaban J connectivity index is 2.08. The molecule has 8 nitrogen and oxygen atoms in total. The SMILES string of the molecule is CCc1c(C#N)c(SC(C(N)=O)c2ccccc2)nc(N2CCC(O)(CN)CC2)c1C#N. The molecule has 2 aromatic rings. The average Bonchev–Trinajstić information content (AvgIpc) is 2.82. The Morgan fingerprint density at radius 1 is 1.25 bits per heavy atom. The minimum Gasteiger partial charge on any atom is -0.388 e. The number of carbonyl (C=O) groups excluding carboxylic acids is 1. The number of pyridine rings is 1. The first-order valence-electron chi connectivity index (χ1n) is 10.4. The number of nitrogens with two attached hydrogens (primary N) is 2. The van der Waals surface area contributed by atoms with E-state index in [0.717, 1.165) is 11.8 Å². The third-order valence-corrected chi connectivity index (χ3v) is 7.05. The molecule has 0 spiro atoms. The van der Waals surface area contributed by atoms with Gasteiger partial charge in [0.2, 0.25) is 5.91 Å². The van der Waals surface area contributed by atoms with E-state index in [0.29, 0.717) is 59.9 Å². The van der Waals surface area contributed by atoms with Crippen molar-refractivity contribution in [1.82, 2.24) is 4.98 Å². The number of aromatic nitrogens is 1. The fourth-order valence-corrected chi connectivity index (χ4v) is 4.92. The van der Waals surface area contributed by atoms with Crippen molar-refractivity contribution in [3.05, 3.63) is 52.6 Å². The molecule has 166 valence electrons. The van der Waals surface area contributed by atoms with Gasteiger partial charge in [0.25, 0.3) is 0 Å². The number of primary amides is 1. The lowest BCUT2D eigenvalue weighted by atomic mass is 9.91. The highest BCUT2D eigenvalue weighted by atomic mass is 32.2. The minimum absolute atomic E-state index is 0.172. The van der Waals surface area contributed by atoms with Gasteiger partial charge in [0.15, 0.2) is 0 Å². The van der Waals surface area contributed by atoms with Crippen LogP contribution in [0.2, 0.25) is 0 Å². The Labute approximate surface area is 191 Å². The lowest BCUT2D eigenvalue weighted by Gasteiger charge is -2.38. The van der Waals surface area contributed by atoms with E-state index in [4.69, 9.17) is 16.5 Å². The van der Waals surface area contributed by atoms with Crippen molar-refractivity contribution in [3.8, 4) is 12.1 Å². The normalized spacial score (nSPS) is 16.1. The average molecular weight is 451 g/mol. The number of hydrogen-bond acceptors (Lipinski definition) is 8. The van der Waals surface area contributed by atoms with Crippen LogP contribution < -0.4 is 16.4 Å². The molecular weight excluding hydrogens is 424 g/mol. The molecule has 1 aliphatic heterocycles. The molecule has 0 aliphatic carbocycles. The van der Waals surface area contributed by atoms with Crippen LogP contribution in [0.5, 0.6) is 0 Å². The topological polar surface area (TPSA) is 153 Å². The number of nitriles is 2. The smallest absolute Gasteiger partial charge is 0.235 e. The summed E-state index contributed by atoms with van der Waals surface area (Å²) in [6.45, 7) is 3.01. The standard InChI is InChI=1S/C23H26N6O2S/c1-2-16-17(12-24)21(29-10-8-23(31,14-26)9-11-29)28-22(18(16)13-25)32-19(20(27)30)15-6-4-3-5-7-15/h3-7,19,31H,2,8-11,14,26H2,1H3,(H2,27,30). The molecule has 1 amide bonds. The van der Waals surface area contributed by atoms with Crippen LogP contribution in [-0.4, -0.2) is 41.2 Å². The summed E-state index contributed by atoms with van der Waals surface area (Å²) in [5, 5.41) is 29.9. The van der Waals surface area contributed by atoms with E-state index in [1.165, 1.54) is 0 Å². The van der Waals surface area contributed by atoms with Crippen LogP contribution >= 0.6 is 11.8 Å². The summed E-state index contributed by atoms with van der Waals surface area (Å²) in [7, 11) is 0. The van der Waals surface area contributed by atoms with Crippen molar-refractivity contribution in [3.63, 3.8) is 0 Å². The van der Waals surface area contributed by atoms with Gasteiger partial charge in [-0.3, -0.25) is 4.79 Å². The summed E-state index contributed by atoms with van der Waals surface area (Å²) in [6.07, 6.45) is 1.36. The zero-order valence-electron chi connectivity index (χ0n) is 17.9. The zero-order valence-corrected chi connectivity index (χ0v) is 18.7. The number of anilines is 1. The minimum atomic E-state index is -0.925. The van der Waals surface area contributed by atoms with Crippen molar-refractivity contribution in [2.75, 3.05) is 24.5 Å². The second-order valence-electron chi connectivity index (χ2n) is 7.77. The zero-order chi connectivity index (χ0) is 23.3. The van der Waals surface area contributed by atoms with Gasteiger partial charge in [-0.15, -0.1) is 0 Å². The van der Waals surface area contributed by atoms with Gasteiger partial charge in [-0.1, -0.05) is 49.0 Å². The van der Waals surface area contributed by atoms with Crippen LogP contribution in [0.1, 0.15) is 47.3 Å². The number of rotatable bonds is 7. The summed E-state index contributed by atoms with van der Waals surface area (Å²) in [5.41, 5.74) is 12.4. The maximum atomic E-state index is 12.3. The molecular formula is C23H26N6O2S. The van der Waals surface area contributed by atoms with Crippen LogP contribution in [0.25, 0.3) is 0 Å². The Morgan fingerprint density at radius 2 is 1.88 bits per heavy atom. The third kappa shape index (κ3) is 4.71. The van der Waals surface area contributed by atoms with Crippen LogP contribution in [0.15, 0.2) is 35.4 Å². The van der Waals surface area contributed by atoms with E-state index in [9.17, 15) is 20.4 Å². The van der Waals surface area contributed by atoms with Gasteiger partial charge < -0.3 is 21.5 Å². The van der Waals surface area contributed by atoms with Gasteiger partial charge in [0.1, 0.15) is 28.2 Å². The van der Waals surface area contributed by atoms with Crippen LogP contribution in [0.4, 0.5) is 5.82 Å². The van der Waals surface area contributed by atoms with E-state index in [1.807, 2.05) is 30.0 Å². The molecule has 2 heterocycles. The van der Waals surface area contributed by atoms with Crippen LogP contribution in [0, 0.1) is 22.7 Å². The number of thioether (sulfide) groups is 1. The molecule has 3 rings (SSSR count). The molecule has 9 heteroatoms. The van der Waals surface area contributed by atoms with Gasteiger partial charge in [-0.25, -0.2) is 4.98 Å². The number of piperidine rings is 1. The van der Waals surface area contributed by atoms with Gasteiger partial charge in [0.05, 0.1) is 16.7 Å².